The minimum atomic E-state index is -3.71. The highest BCUT2D eigenvalue weighted by Crippen LogP contribution is 2.52. The molecule has 1 N–H and O–H groups in total. The van der Waals surface area contributed by atoms with Crippen molar-refractivity contribution in [1.29, 1.82) is 0 Å². The summed E-state index contributed by atoms with van der Waals surface area (Å²) in [4.78, 5) is 31.0. The van der Waals surface area contributed by atoms with Crippen LogP contribution >= 0.6 is 0 Å². The SMILES string of the molecule is Cc1cc(-c2nc(CC(=O)C3(c4ccc5c(c4)OC(F)(F)O5)CC3)ccc2C)c(=O)n(CCO)c1.[HH]. The summed E-state index contributed by atoms with van der Waals surface area (Å²) < 4.78 is 37.3. The van der Waals surface area contributed by atoms with Crippen LogP contribution in [0.4, 0.5) is 8.78 Å². The Kier molecular flexibility index (Phi) is 5.47. The van der Waals surface area contributed by atoms with Gasteiger partial charge < -0.3 is 19.1 Å². The number of pyridine rings is 2. The number of halogens is 2. The lowest BCUT2D eigenvalue weighted by atomic mass is 9.88. The van der Waals surface area contributed by atoms with E-state index in [1.807, 2.05) is 19.9 Å². The van der Waals surface area contributed by atoms with Crippen LogP contribution in [0.15, 0.2) is 47.4 Å². The number of hydrogen-bond acceptors (Lipinski definition) is 6. The lowest BCUT2D eigenvalue weighted by Gasteiger charge is -2.16. The smallest absolute Gasteiger partial charge is 0.395 e. The van der Waals surface area contributed by atoms with E-state index in [-0.39, 0.29) is 43.8 Å². The van der Waals surface area contributed by atoms with E-state index in [2.05, 4.69) is 14.5 Å². The molecular formula is C26H26F2N2O5. The number of benzene rings is 1. The summed E-state index contributed by atoms with van der Waals surface area (Å²) in [6.45, 7) is 3.71. The van der Waals surface area contributed by atoms with Crippen LogP contribution in [0.3, 0.4) is 0 Å². The van der Waals surface area contributed by atoms with E-state index in [9.17, 15) is 23.5 Å². The Labute approximate surface area is 201 Å². The van der Waals surface area contributed by atoms with Crippen LogP contribution in [-0.2, 0) is 23.2 Å². The highest BCUT2D eigenvalue weighted by atomic mass is 19.3. The van der Waals surface area contributed by atoms with E-state index >= 15 is 0 Å². The van der Waals surface area contributed by atoms with Crippen LogP contribution in [0.1, 0.15) is 36.7 Å². The molecular weight excluding hydrogens is 458 g/mol. The number of aryl methyl sites for hydroxylation is 2. The second kappa shape index (κ2) is 8.27. The highest BCUT2D eigenvalue weighted by Gasteiger charge is 2.52. The quantitative estimate of drug-likeness (QED) is 0.547. The maximum Gasteiger partial charge on any atom is 0.586 e. The maximum absolute atomic E-state index is 13.4. The molecule has 1 aliphatic heterocycles. The van der Waals surface area contributed by atoms with Crippen molar-refractivity contribution in [3.63, 3.8) is 0 Å². The normalized spacial score (nSPS) is 16.8. The largest absolute Gasteiger partial charge is 0.586 e. The summed E-state index contributed by atoms with van der Waals surface area (Å²) in [6.07, 6.45) is -0.790. The second-order valence-electron chi connectivity index (χ2n) is 9.13. The fraction of sp³-hybridized carbons (Fsp3) is 0.346. The molecule has 7 nitrogen and oxygen atoms in total. The average molecular weight is 484 g/mol. The number of aliphatic hydroxyl groups excluding tert-OH is 1. The number of fused-ring (bicyclic) bond motifs is 1. The monoisotopic (exact) mass is 484 g/mol. The third-order valence-corrected chi connectivity index (χ3v) is 6.55. The molecule has 9 heteroatoms. The van der Waals surface area contributed by atoms with Crippen LogP contribution in [0.2, 0.25) is 0 Å². The molecule has 184 valence electrons. The Balaban J connectivity index is 0.00000304. The zero-order valence-electron chi connectivity index (χ0n) is 19.3. The first-order valence-corrected chi connectivity index (χ1v) is 11.3. The van der Waals surface area contributed by atoms with Gasteiger partial charge in [-0.3, -0.25) is 14.6 Å². The zero-order chi connectivity index (χ0) is 25.0. The molecule has 1 fully saturated rings. The predicted molar refractivity (Wildman–Crippen MR) is 125 cm³/mol. The molecule has 0 radical (unpaired) electrons. The van der Waals surface area contributed by atoms with Gasteiger partial charge in [0.2, 0.25) is 0 Å². The molecule has 0 saturated heterocycles. The zero-order valence-corrected chi connectivity index (χ0v) is 19.3. The van der Waals surface area contributed by atoms with E-state index in [0.29, 0.717) is 35.4 Å². The molecule has 0 bridgehead atoms. The van der Waals surface area contributed by atoms with E-state index in [0.717, 1.165) is 11.1 Å². The number of carbonyl (C=O) groups is 1. The molecule has 3 heterocycles. The summed E-state index contributed by atoms with van der Waals surface area (Å²) in [5, 5.41) is 9.28. The third kappa shape index (κ3) is 4.20. The standard InChI is InChI=1S/C26H24F2N2O5.H2/c1-15-11-19(24(33)30(14-15)9-10-31)23-16(2)3-5-18(29-23)13-22(32)25(7-8-25)17-4-6-20-21(12-17)35-26(27,28)34-20;/h3-6,11-12,14,31H,7-10,13H2,1-2H3;1H. The van der Waals surface area contributed by atoms with Crippen molar-refractivity contribution in [1.82, 2.24) is 9.55 Å². The Hall–Kier alpha value is -3.59. The van der Waals surface area contributed by atoms with Crippen LogP contribution < -0.4 is 15.0 Å². The Bertz CT molecular complexity index is 1400. The number of rotatable bonds is 7. The van der Waals surface area contributed by atoms with Crippen LogP contribution in [0.5, 0.6) is 11.5 Å². The molecule has 1 aliphatic carbocycles. The van der Waals surface area contributed by atoms with Gasteiger partial charge in [-0.05, 0) is 67.6 Å². The van der Waals surface area contributed by atoms with Gasteiger partial charge in [0.25, 0.3) is 5.56 Å². The number of ether oxygens (including phenoxy) is 2. The van der Waals surface area contributed by atoms with Gasteiger partial charge in [0.15, 0.2) is 11.5 Å². The number of carbonyl (C=O) groups excluding carboxylic acids is 1. The number of Topliss-reactive ketones (excluding diaryl/α,β-unsaturated/α-hetero) is 1. The number of hydrogen-bond donors (Lipinski definition) is 1. The lowest BCUT2D eigenvalue weighted by molar-refractivity contribution is -0.286. The molecule has 0 amide bonds. The fourth-order valence-corrected chi connectivity index (χ4v) is 4.60. The number of aromatic nitrogens is 2. The van der Waals surface area contributed by atoms with Crippen LogP contribution in [-0.4, -0.2) is 33.3 Å². The number of alkyl halides is 2. The van der Waals surface area contributed by atoms with Crippen molar-refractivity contribution in [2.45, 2.75) is 51.4 Å². The van der Waals surface area contributed by atoms with Crippen molar-refractivity contribution in [2.24, 2.45) is 0 Å². The summed E-state index contributed by atoms with van der Waals surface area (Å²) >= 11 is 0. The summed E-state index contributed by atoms with van der Waals surface area (Å²) in [7, 11) is 0. The fourth-order valence-electron chi connectivity index (χ4n) is 4.60. The van der Waals surface area contributed by atoms with E-state index < -0.39 is 11.7 Å². The van der Waals surface area contributed by atoms with Gasteiger partial charge in [0, 0.05) is 26.3 Å². The minimum absolute atomic E-state index is 0. The second-order valence-corrected chi connectivity index (χ2v) is 9.13. The summed E-state index contributed by atoms with van der Waals surface area (Å²) in [5.74, 6) is -0.217. The van der Waals surface area contributed by atoms with Crippen LogP contribution in [0, 0.1) is 13.8 Å². The Morgan fingerprint density at radius 1 is 1.14 bits per heavy atom. The number of ketones is 1. The van der Waals surface area contributed by atoms with E-state index in [1.165, 1.54) is 16.7 Å². The van der Waals surface area contributed by atoms with Crippen molar-refractivity contribution in [2.75, 3.05) is 6.61 Å². The minimum Gasteiger partial charge on any atom is -0.395 e. The van der Waals surface area contributed by atoms with Gasteiger partial charge in [-0.15, -0.1) is 8.78 Å². The molecule has 0 unspecified atom stereocenters. The van der Waals surface area contributed by atoms with Crippen molar-refractivity contribution in [3.05, 3.63) is 75.3 Å². The molecule has 1 saturated carbocycles. The number of nitrogens with zero attached hydrogens (tertiary/aromatic N) is 2. The summed E-state index contributed by atoms with van der Waals surface area (Å²) in [5.41, 5.74) is 2.62. The molecule has 1 aromatic carbocycles. The van der Waals surface area contributed by atoms with Crippen molar-refractivity contribution < 1.29 is 29.6 Å². The van der Waals surface area contributed by atoms with Gasteiger partial charge in [-0.2, -0.15) is 0 Å². The molecule has 3 aromatic rings. The Morgan fingerprint density at radius 3 is 2.60 bits per heavy atom. The maximum atomic E-state index is 13.4. The van der Waals surface area contributed by atoms with Gasteiger partial charge in [0.05, 0.1) is 23.3 Å². The molecule has 5 rings (SSSR count). The van der Waals surface area contributed by atoms with Gasteiger partial charge >= 0.3 is 6.29 Å². The van der Waals surface area contributed by atoms with E-state index in [1.54, 1.807) is 24.4 Å². The molecule has 2 aliphatic rings. The first-order chi connectivity index (χ1) is 16.6. The van der Waals surface area contributed by atoms with Gasteiger partial charge in [-0.1, -0.05) is 12.1 Å². The molecule has 2 aromatic heterocycles. The topological polar surface area (TPSA) is 90.7 Å². The first kappa shape index (κ1) is 23.2. The molecule has 0 atom stereocenters. The highest BCUT2D eigenvalue weighted by molar-refractivity contribution is 5.94. The average Bonchev–Trinajstić information content (AvgIpc) is 3.54. The predicted octanol–water partition coefficient (Wildman–Crippen LogP) is 3.93. The van der Waals surface area contributed by atoms with E-state index in [4.69, 9.17) is 0 Å². The first-order valence-electron chi connectivity index (χ1n) is 11.3. The van der Waals surface area contributed by atoms with Crippen LogP contribution in [0.25, 0.3) is 11.3 Å². The van der Waals surface area contributed by atoms with Crippen molar-refractivity contribution >= 4 is 5.78 Å². The number of aliphatic hydroxyl groups is 1. The molecule has 0 spiro atoms. The Morgan fingerprint density at radius 2 is 1.89 bits per heavy atom. The lowest BCUT2D eigenvalue weighted by Crippen LogP contribution is -2.26. The van der Waals surface area contributed by atoms with Gasteiger partial charge in [-0.25, -0.2) is 0 Å². The summed E-state index contributed by atoms with van der Waals surface area (Å²) in [6, 6.07) is 9.81. The third-order valence-electron chi connectivity index (χ3n) is 6.55. The van der Waals surface area contributed by atoms with Crippen molar-refractivity contribution in [3.8, 4) is 22.8 Å². The molecule has 35 heavy (non-hydrogen) atoms. The van der Waals surface area contributed by atoms with Gasteiger partial charge in [0.1, 0.15) is 5.78 Å².